The van der Waals surface area contributed by atoms with Crippen molar-refractivity contribution < 1.29 is 18.3 Å². The second kappa shape index (κ2) is 9.55. The molecule has 0 amide bonds. The number of benzene rings is 2. The Labute approximate surface area is 211 Å². The Hall–Kier alpha value is -1.44. The summed E-state index contributed by atoms with van der Waals surface area (Å²) < 4.78 is 29.4. The summed E-state index contributed by atoms with van der Waals surface area (Å²) in [5, 5.41) is 9.78. The number of aliphatic hydroxyl groups is 1. The van der Waals surface area contributed by atoms with Crippen LogP contribution in [0.15, 0.2) is 36.4 Å². The Morgan fingerprint density at radius 3 is 2.38 bits per heavy atom. The number of hydrogen-bond donors (Lipinski definition) is 1. The summed E-state index contributed by atoms with van der Waals surface area (Å²) in [5.41, 5.74) is 2.72. The molecule has 0 radical (unpaired) electrons. The van der Waals surface area contributed by atoms with Crippen molar-refractivity contribution in [3.05, 3.63) is 68.7 Å². The number of carbonyl (C=O) groups excluding carboxylic acids is 1. The fraction of sp³-hybridized carbons (Fsp3) is 0.500. The van der Waals surface area contributed by atoms with E-state index in [2.05, 4.69) is 0 Å². The average Bonchev–Trinajstić information content (AvgIpc) is 3.41. The fourth-order valence-corrected chi connectivity index (χ4v) is 8.93. The minimum absolute atomic E-state index is 0.0397. The van der Waals surface area contributed by atoms with Crippen LogP contribution in [-0.4, -0.2) is 43.3 Å². The zero-order valence-corrected chi connectivity index (χ0v) is 21.2. The van der Waals surface area contributed by atoms with E-state index in [1.54, 1.807) is 22.5 Å². The van der Waals surface area contributed by atoms with Crippen LogP contribution in [0.5, 0.6) is 0 Å². The molecule has 2 fully saturated rings. The summed E-state index contributed by atoms with van der Waals surface area (Å²) >= 11 is 12.4. The molecule has 0 aromatic heterocycles. The van der Waals surface area contributed by atoms with Crippen molar-refractivity contribution >= 4 is 39.0 Å². The van der Waals surface area contributed by atoms with Crippen LogP contribution in [0, 0.1) is 17.8 Å². The zero-order valence-electron chi connectivity index (χ0n) is 18.9. The first kappa shape index (κ1) is 24.3. The second-order valence-electron chi connectivity index (χ2n) is 10.0. The normalized spacial score (nSPS) is 26.9. The van der Waals surface area contributed by atoms with Crippen LogP contribution in [0.2, 0.25) is 10.0 Å². The Bertz CT molecular complexity index is 1180. The van der Waals surface area contributed by atoms with E-state index in [1.807, 2.05) is 18.2 Å². The topological polar surface area (TPSA) is 74.7 Å². The molecule has 1 unspecified atom stereocenters. The van der Waals surface area contributed by atoms with Gasteiger partial charge in [0, 0.05) is 26.1 Å². The van der Waals surface area contributed by atoms with E-state index in [0.717, 1.165) is 29.5 Å². The van der Waals surface area contributed by atoms with Gasteiger partial charge in [-0.05, 0) is 72.3 Å². The predicted molar refractivity (Wildman–Crippen MR) is 134 cm³/mol. The van der Waals surface area contributed by atoms with E-state index in [9.17, 15) is 18.3 Å². The Kier molecular flexibility index (Phi) is 6.81. The molecular formula is C26H29Cl2NO4S. The summed E-state index contributed by atoms with van der Waals surface area (Å²) in [4.78, 5) is 13.0. The number of carbonyl (C=O) groups is 1. The molecule has 1 heterocycles. The minimum atomic E-state index is -3.58. The van der Waals surface area contributed by atoms with Crippen molar-refractivity contribution in [2.45, 2.75) is 43.8 Å². The van der Waals surface area contributed by atoms with Crippen molar-refractivity contribution in [1.29, 1.82) is 0 Å². The van der Waals surface area contributed by atoms with Gasteiger partial charge in [-0.3, -0.25) is 4.79 Å². The molecule has 1 aliphatic heterocycles. The summed E-state index contributed by atoms with van der Waals surface area (Å²) in [7, 11) is -3.58. The van der Waals surface area contributed by atoms with E-state index >= 15 is 0 Å². The lowest BCUT2D eigenvalue weighted by molar-refractivity contribution is 0.0993. The molecule has 2 aromatic rings. The number of halogens is 2. The van der Waals surface area contributed by atoms with E-state index in [-0.39, 0.29) is 30.3 Å². The summed E-state index contributed by atoms with van der Waals surface area (Å²) in [6.45, 7) is 1.17. The predicted octanol–water partition coefficient (Wildman–Crippen LogP) is 5.08. The number of hydrogen-bond acceptors (Lipinski definition) is 4. The standard InChI is InChI=1S/C26H29Cl2NO4S/c27-22-5-2-6-23(28)26(22)24(31)11-16-7-8-18-9-17(15-30)12-25(21(18)10-16)34(32,33)29-13-19-3-1-4-20(19)14-29/h2,5-8,10,17,19-20,25,30H,1,3-4,9,11-15H2/t17-,19-,20+,25?/m1/s1. The van der Waals surface area contributed by atoms with Crippen molar-refractivity contribution in [2.24, 2.45) is 17.8 Å². The van der Waals surface area contributed by atoms with Gasteiger partial charge in [-0.1, -0.05) is 53.9 Å². The fourth-order valence-electron chi connectivity index (χ4n) is 6.10. The van der Waals surface area contributed by atoms with Crippen LogP contribution in [0.4, 0.5) is 0 Å². The quantitative estimate of drug-likeness (QED) is 0.538. The smallest absolute Gasteiger partial charge is 0.221 e. The van der Waals surface area contributed by atoms with Gasteiger partial charge in [0.1, 0.15) is 5.25 Å². The Morgan fingerprint density at radius 2 is 1.74 bits per heavy atom. The molecule has 4 atom stereocenters. The SMILES string of the molecule is O=C(Cc1ccc2c(c1)C(S(=O)(=O)N1C[C@H]3CCC[C@H]3C1)C[C@H](CO)C2)c1c(Cl)cccc1Cl. The maximum Gasteiger partial charge on any atom is 0.221 e. The molecule has 1 saturated carbocycles. The number of nitrogens with zero attached hydrogens (tertiary/aromatic N) is 1. The van der Waals surface area contributed by atoms with Crippen LogP contribution in [0.25, 0.3) is 0 Å². The van der Waals surface area contributed by atoms with Crippen LogP contribution in [0.3, 0.4) is 0 Å². The lowest BCUT2D eigenvalue weighted by Crippen LogP contribution is -2.37. The highest BCUT2D eigenvalue weighted by molar-refractivity contribution is 7.89. The maximum atomic E-state index is 13.8. The van der Waals surface area contributed by atoms with Gasteiger partial charge in [0.15, 0.2) is 5.78 Å². The van der Waals surface area contributed by atoms with Gasteiger partial charge in [-0.25, -0.2) is 12.7 Å². The Morgan fingerprint density at radius 1 is 1.06 bits per heavy atom. The van der Waals surface area contributed by atoms with E-state index in [0.29, 0.717) is 47.8 Å². The molecular weight excluding hydrogens is 493 g/mol. The molecule has 5 nitrogen and oxygen atoms in total. The molecule has 182 valence electrons. The monoisotopic (exact) mass is 521 g/mol. The van der Waals surface area contributed by atoms with Gasteiger partial charge in [0.25, 0.3) is 0 Å². The third-order valence-electron chi connectivity index (χ3n) is 7.89. The molecule has 0 spiro atoms. The van der Waals surface area contributed by atoms with Crippen molar-refractivity contribution in [3.8, 4) is 0 Å². The van der Waals surface area contributed by atoms with E-state index < -0.39 is 15.3 Å². The third kappa shape index (κ3) is 4.44. The molecule has 0 bridgehead atoms. The van der Waals surface area contributed by atoms with Crippen molar-refractivity contribution in [2.75, 3.05) is 19.7 Å². The first-order valence-corrected chi connectivity index (χ1v) is 14.2. The molecule has 2 aromatic carbocycles. The molecule has 5 rings (SSSR count). The molecule has 8 heteroatoms. The van der Waals surface area contributed by atoms with Gasteiger partial charge in [0.05, 0.1) is 15.6 Å². The molecule has 34 heavy (non-hydrogen) atoms. The third-order valence-corrected chi connectivity index (χ3v) is 10.7. The number of sulfonamides is 1. The van der Waals surface area contributed by atoms with Gasteiger partial charge in [-0.2, -0.15) is 0 Å². The highest BCUT2D eigenvalue weighted by Crippen LogP contribution is 2.45. The Balaban J connectivity index is 1.45. The zero-order chi connectivity index (χ0) is 24.0. The number of Topliss-reactive ketones (excluding diaryl/α,β-unsaturated/α-hetero) is 1. The lowest BCUT2D eigenvalue weighted by Gasteiger charge is -2.33. The van der Waals surface area contributed by atoms with E-state index in [4.69, 9.17) is 23.2 Å². The summed E-state index contributed by atoms with van der Waals surface area (Å²) in [6.07, 6.45) is 4.51. The first-order valence-electron chi connectivity index (χ1n) is 12.0. The second-order valence-corrected chi connectivity index (χ2v) is 12.9. The van der Waals surface area contributed by atoms with Crippen LogP contribution < -0.4 is 0 Å². The van der Waals surface area contributed by atoms with Crippen LogP contribution in [-0.2, 0) is 22.9 Å². The number of aliphatic hydroxyl groups excluding tert-OH is 1. The average molecular weight is 522 g/mol. The maximum absolute atomic E-state index is 13.8. The summed E-state index contributed by atoms with van der Waals surface area (Å²) in [6, 6.07) is 10.6. The number of rotatable bonds is 6. The molecule has 2 aliphatic carbocycles. The van der Waals surface area contributed by atoms with E-state index in [1.165, 1.54) is 6.42 Å². The number of ketones is 1. The number of fused-ring (bicyclic) bond motifs is 2. The van der Waals surface area contributed by atoms with Gasteiger partial charge < -0.3 is 5.11 Å². The highest BCUT2D eigenvalue weighted by atomic mass is 35.5. The van der Waals surface area contributed by atoms with Gasteiger partial charge in [-0.15, -0.1) is 0 Å². The molecule has 1 N–H and O–H groups in total. The van der Waals surface area contributed by atoms with Crippen LogP contribution >= 0.6 is 23.2 Å². The van der Waals surface area contributed by atoms with Crippen molar-refractivity contribution in [1.82, 2.24) is 4.31 Å². The molecule has 3 aliphatic rings. The largest absolute Gasteiger partial charge is 0.396 e. The van der Waals surface area contributed by atoms with Crippen LogP contribution in [0.1, 0.15) is 58.0 Å². The summed E-state index contributed by atoms with van der Waals surface area (Å²) in [5.74, 6) is 0.641. The lowest BCUT2D eigenvalue weighted by atomic mass is 9.82. The van der Waals surface area contributed by atoms with Gasteiger partial charge >= 0.3 is 0 Å². The molecule has 1 saturated heterocycles. The highest BCUT2D eigenvalue weighted by Gasteiger charge is 2.45. The van der Waals surface area contributed by atoms with Gasteiger partial charge in [0.2, 0.25) is 10.0 Å². The van der Waals surface area contributed by atoms with Crippen molar-refractivity contribution in [3.63, 3.8) is 0 Å². The minimum Gasteiger partial charge on any atom is -0.396 e. The first-order chi connectivity index (χ1) is 16.3.